The highest BCUT2D eigenvalue weighted by molar-refractivity contribution is 6.19. The monoisotopic (exact) mass is 348 g/mol. The molecule has 0 saturated carbocycles. The molecule has 0 atom stereocenters. The molecule has 2 aromatic carbocycles. The smallest absolute Gasteiger partial charge is 0.251 e. The number of nitrogens with zero attached hydrogens (tertiary/aromatic N) is 2. The number of hydrogen-bond donors (Lipinski definition) is 2. The maximum atomic E-state index is 12.3. The van der Waals surface area contributed by atoms with Gasteiger partial charge in [0.25, 0.3) is 5.91 Å². The second-order valence-corrected chi connectivity index (χ2v) is 6.05. The minimum atomic E-state index is -0.254. The van der Waals surface area contributed by atoms with Crippen molar-refractivity contribution in [2.24, 2.45) is 0 Å². The molecule has 1 aliphatic heterocycles. The Morgan fingerprint density at radius 2 is 1.73 bits per heavy atom. The maximum absolute atomic E-state index is 12.3. The molecule has 3 amide bonds. The van der Waals surface area contributed by atoms with Gasteiger partial charge < -0.3 is 10.3 Å². The van der Waals surface area contributed by atoms with Gasteiger partial charge in [0.1, 0.15) is 5.82 Å². The Hall–Kier alpha value is -3.48. The van der Waals surface area contributed by atoms with Crippen LogP contribution in [0.25, 0.3) is 11.0 Å². The number of imide groups is 1. The van der Waals surface area contributed by atoms with E-state index in [0.717, 1.165) is 15.9 Å². The number of amides is 3. The standard InChI is InChI=1S/C19H16N4O3/c24-17-9-10-18(25)23(17)13-7-5-12(6-8-13)19(26)20-11-16-21-14-3-1-2-4-15(14)22-16/h1-8H,9-11H2,(H,20,26)(H,21,22). The fourth-order valence-corrected chi connectivity index (χ4v) is 2.98. The fourth-order valence-electron chi connectivity index (χ4n) is 2.98. The van der Waals surface area contributed by atoms with Crippen LogP contribution in [0.2, 0.25) is 0 Å². The lowest BCUT2D eigenvalue weighted by Gasteiger charge is -2.14. The second kappa shape index (κ2) is 6.44. The zero-order valence-electron chi connectivity index (χ0n) is 13.9. The van der Waals surface area contributed by atoms with Crippen LogP contribution in [0.3, 0.4) is 0 Å². The number of rotatable bonds is 4. The second-order valence-electron chi connectivity index (χ2n) is 6.05. The number of nitrogens with one attached hydrogen (secondary N) is 2. The number of carbonyl (C=O) groups excluding carboxylic acids is 3. The Labute approximate surface area is 149 Å². The van der Waals surface area contributed by atoms with Gasteiger partial charge in [-0.15, -0.1) is 0 Å². The lowest BCUT2D eigenvalue weighted by atomic mass is 10.2. The number of para-hydroxylation sites is 2. The van der Waals surface area contributed by atoms with Crippen LogP contribution < -0.4 is 10.2 Å². The van der Waals surface area contributed by atoms with Gasteiger partial charge in [-0.1, -0.05) is 12.1 Å². The van der Waals surface area contributed by atoms with Crippen molar-refractivity contribution >= 4 is 34.4 Å². The Morgan fingerprint density at radius 1 is 1.04 bits per heavy atom. The average molecular weight is 348 g/mol. The molecule has 1 aromatic heterocycles. The SMILES string of the molecule is O=C(NCc1nc2ccccc2[nH]1)c1ccc(N2C(=O)CCC2=O)cc1. The zero-order valence-corrected chi connectivity index (χ0v) is 13.9. The summed E-state index contributed by atoms with van der Waals surface area (Å²) in [4.78, 5) is 44.5. The minimum absolute atomic E-state index is 0.211. The van der Waals surface area contributed by atoms with E-state index in [1.807, 2.05) is 24.3 Å². The van der Waals surface area contributed by atoms with Crippen LogP contribution in [0, 0.1) is 0 Å². The summed E-state index contributed by atoms with van der Waals surface area (Å²) in [5.74, 6) is -0.00492. The van der Waals surface area contributed by atoms with Crippen molar-refractivity contribution in [1.82, 2.24) is 15.3 Å². The third-order valence-corrected chi connectivity index (χ3v) is 4.29. The van der Waals surface area contributed by atoms with E-state index in [0.29, 0.717) is 17.1 Å². The van der Waals surface area contributed by atoms with Gasteiger partial charge in [-0.3, -0.25) is 19.3 Å². The molecule has 0 radical (unpaired) electrons. The number of fused-ring (bicyclic) bond motifs is 1. The first kappa shape index (κ1) is 16.0. The van der Waals surface area contributed by atoms with Gasteiger partial charge in [0.2, 0.25) is 11.8 Å². The van der Waals surface area contributed by atoms with Crippen molar-refractivity contribution in [3.05, 3.63) is 59.9 Å². The van der Waals surface area contributed by atoms with Crippen molar-refractivity contribution < 1.29 is 14.4 Å². The van der Waals surface area contributed by atoms with Gasteiger partial charge in [0.05, 0.1) is 23.3 Å². The number of carbonyl (C=O) groups is 3. The Bertz CT molecular complexity index is 958. The van der Waals surface area contributed by atoms with E-state index in [9.17, 15) is 14.4 Å². The molecule has 2 N–H and O–H groups in total. The van der Waals surface area contributed by atoms with Crippen molar-refractivity contribution in [3.8, 4) is 0 Å². The number of aromatic amines is 1. The third kappa shape index (κ3) is 2.95. The Balaban J connectivity index is 1.43. The highest BCUT2D eigenvalue weighted by atomic mass is 16.2. The van der Waals surface area contributed by atoms with Crippen molar-refractivity contribution in [3.63, 3.8) is 0 Å². The number of anilines is 1. The summed E-state index contributed by atoms with van der Waals surface area (Å²) in [5.41, 5.74) is 2.71. The van der Waals surface area contributed by atoms with Gasteiger partial charge in [0, 0.05) is 18.4 Å². The molecule has 4 rings (SSSR count). The fraction of sp³-hybridized carbons (Fsp3) is 0.158. The van der Waals surface area contributed by atoms with Crippen LogP contribution in [-0.2, 0) is 16.1 Å². The number of benzene rings is 2. The molecule has 1 fully saturated rings. The maximum Gasteiger partial charge on any atom is 0.251 e. The molecule has 7 nitrogen and oxygen atoms in total. The molecule has 0 unspecified atom stereocenters. The van der Waals surface area contributed by atoms with Crippen molar-refractivity contribution in [1.29, 1.82) is 0 Å². The molecule has 0 aliphatic carbocycles. The van der Waals surface area contributed by atoms with E-state index in [2.05, 4.69) is 15.3 Å². The van der Waals surface area contributed by atoms with Crippen LogP contribution in [0.4, 0.5) is 5.69 Å². The van der Waals surface area contributed by atoms with Gasteiger partial charge in [-0.2, -0.15) is 0 Å². The zero-order chi connectivity index (χ0) is 18.1. The summed E-state index contributed by atoms with van der Waals surface area (Å²) < 4.78 is 0. The summed E-state index contributed by atoms with van der Waals surface area (Å²) in [5, 5.41) is 2.80. The summed E-state index contributed by atoms with van der Waals surface area (Å²) >= 11 is 0. The number of H-pyrrole nitrogens is 1. The van der Waals surface area contributed by atoms with Crippen LogP contribution in [0.15, 0.2) is 48.5 Å². The van der Waals surface area contributed by atoms with Gasteiger partial charge in [-0.25, -0.2) is 4.98 Å². The number of aromatic nitrogens is 2. The van der Waals surface area contributed by atoms with Gasteiger partial charge in [0.15, 0.2) is 0 Å². The van der Waals surface area contributed by atoms with Crippen LogP contribution in [0.5, 0.6) is 0 Å². The van der Waals surface area contributed by atoms with E-state index in [1.54, 1.807) is 24.3 Å². The first-order valence-electron chi connectivity index (χ1n) is 8.29. The van der Waals surface area contributed by atoms with Gasteiger partial charge >= 0.3 is 0 Å². The topological polar surface area (TPSA) is 95.2 Å². The third-order valence-electron chi connectivity index (χ3n) is 4.29. The van der Waals surface area contributed by atoms with E-state index in [-0.39, 0.29) is 37.1 Å². The lowest BCUT2D eigenvalue weighted by Crippen LogP contribution is -2.28. The molecule has 7 heteroatoms. The van der Waals surface area contributed by atoms with E-state index < -0.39 is 0 Å². The van der Waals surface area contributed by atoms with Crippen molar-refractivity contribution in [2.45, 2.75) is 19.4 Å². The van der Waals surface area contributed by atoms with E-state index >= 15 is 0 Å². The number of imidazole rings is 1. The summed E-state index contributed by atoms with van der Waals surface area (Å²) in [6.07, 6.45) is 0.469. The molecule has 26 heavy (non-hydrogen) atoms. The average Bonchev–Trinajstić information content (AvgIpc) is 3.22. The van der Waals surface area contributed by atoms with Crippen LogP contribution in [0.1, 0.15) is 29.0 Å². The highest BCUT2D eigenvalue weighted by Gasteiger charge is 2.30. The predicted molar refractivity (Wildman–Crippen MR) is 95.4 cm³/mol. The summed E-state index contributed by atoms with van der Waals surface area (Å²) in [7, 11) is 0. The molecule has 2 heterocycles. The molecule has 0 spiro atoms. The first-order chi connectivity index (χ1) is 12.6. The van der Waals surface area contributed by atoms with E-state index in [4.69, 9.17) is 0 Å². The molecular formula is C19H16N4O3. The quantitative estimate of drug-likeness (QED) is 0.706. The Kier molecular flexibility index (Phi) is 3.96. The Morgan fingerprint density at radius 3 is 2.42 bits per heavy atom. The molecule has 1 aliphatic rings. The lowest BCUT2D eigenvalue weighted by molar-refractivity contribution is -0.121. The first-order valence-corrected chi connectivity index (χ1v) is 8.29. The predicted octanol–water partition coefficient (Wildman–Crippen LogP) is 2.15. The molecule has 130 valence electrons. The van der Waals surface area contributed by atoms with Crippen LogP contribution in [-0.4, -0.2) is 27.7 Å². The highest BCUT2D eigenvalue weighted by Crippen LogP contribution is 2.22. The molecule has 0 bridgehead atoms. The van der Waals surface area contributed by atoms with E-state index in [1.165, 1.54) is 0 Å². The minimum Gasteiger partial charge on any atom is -0.345 e. The van der Waals surface area contributed by atoms with Crippen molar-refractivity contribution in [2.75, 3.05) is 4.90 Å². The van der Waals surface area contributed by atoms with Crippen LogP contribution >= 0.6 is 0 Å². The number of hydrogen-bond acceptors (Lipinski definition) is 4. The normalized spacial score (nSPS) is 14.2. The molecular weight excluding hydrogens is 332 g/mol. The largest absolute Gasteiger partial charge is 0.345 e. The van der Waals surface area contributed by atoms with Gasteiger partial charge in [-0.05, 0) is 36.4 Å². The summed E-state index contributed by atoms with van der Waals surface area (Å²) in [6.45, 7) is 0.276. The molecule has 3 aromatic rings. The summed E-state index contributed by atoms with van der Waals surface area (Å²) in [6, 6.07) is 14.1. The molecule has 1 saturated heterocycles.